The number of nitrogens with one attached hydrogen (secondary N) is 1. The van der Waals surface area contributed by atoms with E-state index >= 15 is 0 Å². The zero-order chi connectivity index (χ0) is 16.4. The number of rotatable bonds is 5. The molecule has 1 N–H and O–H groups in total. The van der Waals surface area contributed by atoms with Gasteiger partial charge in [-0.2, -0.15) is 0 Å². The van der Waals surface area contributed by atoms with Gasteiger partial charge in [-0.15, -0.1) is 11.3 Å². The van der Waals surface area contributed by atoms with E-state index in [1.807, 2.05) is 18.2 Å². The van der Waals surface area contributed by atoms with Crippen LogP contribution in [0.25, 0.3) is 0 Å². The maximum absolute atomic E-state index is 11.3. The van der Waals surface area contributed by atoms with Crippen molar-refractivity contribution in [3.8, 4) is 0 Å². The highest BCUT2D eigenvalue weighted by Crippen LogP contribution is 2.27. The minimum atomic E-state index is -0.323. The summed E-state index contributed by atoms with van der Waals surface area (Å²) in [6, 6.07) is 5.65. The van der Waals surface area contributed by atoms with Crippen LogP contribution in [0, 0.1) is 0 Å². The first-order chi connectivity index (χ1) is 10.6. The van der Waals surface area contributed by atoms with Gasteiger partial charge in [0.2, 0.25) is 5.91 Å². The van der Waals surface area contributed by atoms with Crippen LogP contribution in [0.1, 0.15) is 20.1 Å². The Kier molecular flexibility index (Phi) is 7.74. The zero-order valence-electron chi connectivity index (χ0n) is 12.5. The summed E-state index contributed by atoms with van der Waals surface area (Å²) >= 11 is 1.37. The SMILES string of the molecule is C=CC(=O)Nc1cc(Cc2ccncc2)sc1C=O.COC. The topological polar surface area (TPSA) is 68.3 Å². The van der Waals surface area contributed by atoms with Gasteiger partial charge < -0.3 is 10.1 Å². The molecule has 0 aliphatic carbocycles. The van der Waals surface area contributed by atoms with Crippen molar-refractivity contribution in [3.05, 3.63) is 58.6 Å². The molecule has 0 atom stereocenters. The van der Waals surface area contributed by atoms with Gasteiger partial charge in [-0.3, -0.25) is 14.6 Å². The third kappa shape index (κ3) is 5.59. The maximum atomic E-state index is 11.3. The van der Waals surface area contributed by atoms with Crippen LogP contribution in [0.2, 0.25) is 0 Å². The number of anilines is 1. The summed E-state index contributed by atoms with van der Waals surface area (Å²) in [5.41, 5.74) is 1.64. The quantitative estimate of drug-likeness (QED) is 0.680. The molecule has 2 aromatic rings. The van der Waals surface area contributed by atoms with Crippen molar-refractivity contribution in [2.75, 3.05) is 19.5 Å². The van der Waals surface area contributed by atoms with Crippen LogP contribution >= 0.6 is 11.3 Å². The minimum Gasteiger partial charge on any atom is -0.388 e. The number of amides is 1. The van der Waals surface area contributed by atoms with Crippen LogP contribution in [-0.2, 0) is 16.0 Å². The summed E-state index contributed by atoms with van der Waals surface area (Å²) in [5, 5.41) is 2.63. The normalized spacial score (nSPS) is 9.36. The molecule has 0 aliphatic rings. The smallest absolute Gasteiger partial charge is 0.247 e. The van der Waals surface area contributed by atoms with Crippen molar-refractivity contribution < 1.29 is 14.3 Å². The van der Waals surface area contributed by atoms with Gasteiger partial charge in [-0.05, 0) is 29.8 Å². The molecule has 2 rings (SSSR count). The number of ether oxygens (including phenoxy) is 1. The van der Waals surface area contributed by atoms with E-state index in [2.05, 4.69) is 21.6 Å². The molecule has 5 nitrogen and oxygen atoms in total. The molecular weight excluding hydrogens is 300 g/mol. The van der Waals surface area contributed by atoms with E-state index in [1.54, 1.807) is 26.6 Å². The number of pyridine rings is 1. The average Bonchev–Trinajstić information content (AvgIpc) is 2.90. The number of thiophene rings is 1. The number of methoxy groups -OCH3 is 1. The van der Waals surface area contributed by atoms with E-state index in [0.29, 0.717) is 17.0 Å². The van der Waals surface area contributed by atoms with Crippen LogP contribution in [0.4, 0.5) is 5.69 Å². The number of carbonyl (C=O) groups is 2. The largest absolute Gasteiger partial charge is 0.388 e. The fraction of sp³-hybridized carbons (Fsp3) is 0.188. The van der Waals surface area contributed by atoms with E-state index in [0.717, 1.165) is 16.7 Å². The van der Waals surface area contributed by atoms with Crippen LogP contribution in [0.5, 0.6) is 0 Å². The molecule has 2 aromatic heterocycles. The lowest BCUT2D eigenvalue weighted by molar-refractivity contribution is -0.111. The van der Waals surface area contributed by atoms with Gasteiger partial charge in [0.15, 0.2) is 6.29 Å². The molecule has 0 unspecified atom stereocenters. The van der Waals surface area contributed by atoms with Crippen LogP contribution in [0.3, 0.4) is 0 Å². The van der Waals surface area contributed by atoms with E-state index in [1.165, 1.54) is 17.4 Å². The average molecular weight is 318 g/mol. The van der Waals surface area contributed by atoms with Crippen molar-refractivity contribution in [1.82, 2.24) is 4.98 Å². The summed E-state index contributed by atoms with van der Waals surface area (Å²) < 4.78 is 4.25. The number of hydrogen-bond donors (Lipinski definition) is 1. The highest BCUT2D eigenvalue weighted by Gasteiger charge is 2.10. The summed E-state index contributed by atoms with van der Waals surface area (Å²) in [4.78, 5) is 27.7. The molecule has 0 spiro atoms. The van der Waals surface area contributed by atoms with Crippen LogP contribution < -0.4 is 5.32 Å². The van der Waals surface area contributed by atoms with Crippen molar-refractivity contribution in [2.45, 2.75) is 6.42 Å². The van der Waals surface area contributed by atoms with Gasteiger partial charge in [0.25, 0.3) is 0 Å². The first-order valence-electron chi connectivity index (χ1n) is 6.45. The molecule has 0 aliphatic heterocycles. The molecule has 0 radical (unpaired) electrons. The molecule has 116 valence electrons. The molecule has 0 saturated heterocycles. The molecular formula is C16H18N2O3S. The van der Waals surface area contributed by atoms with E-state index in [-0.39, 0.29) is 5.91 Å². The second-order valence-corrected chi connectivity index (χ2v) is 5.41. The van der Waals surface area contributed by atoms with Crippen LogP contribution in [-0.4, -0.2) is 31.4 Å². The first-order valence-corrected chi connectivity index (χ1v) is 7.26. The van der Waals surface area contributed by atoms with E-state index in [4.69, 9.17) is 0 Å². The Balaban J connectivity index is 0.000000745. The Labute approximate surface area is 133 Å². The third-order valence-electron chi connectivity index (χ3n) is 2.49. The predicted molar refractivity (Wildman–Crippen MR) is 88.5 cm³/mol. The lowest BCUT2D eigenvalue weighted by atomic mass is 10.2. The van der Waals surface area contributed by atoms with Gasteiger partial charge in [-0.25, -0.2) is 0 Å². The molecule has 0 fully saturated rings. The lowest BCUT2D eigenvalue weighted by Crippen LogP contribution is -2.07. The Bertz CT molecular complexity index is 624. The Morgan fingerprint density at radius 1 is 1.41 bits per heavy atom. The second-order valence-electron chi connectivity index (χ2n) is 4.24. The fourth-order valence-electron chi connectivity index (χ4n) is 1.62. The molecule has 1 amide bonds. The predicted octanol–water partition coefficient (Wildman–Crippen LogP) is 2.93. The van der Waals surface area contributed by atoms with Crippen molar-refractivity contribution in [2.24, 2.45) is 0 Å². The zero-order valence-corrected chi connectivity index (χ0v) is 13.4. The van der Waals surface area contributed by atoms with E-state index < -0.39 is 0 Å². The standard InChI is InChI=1S/C14H12N2O2S.C2H6O/c1-2-14(18)16-12-8-11(19-13(12)9-17)7-10-3-5-15-6-4-10;1-3-2/h2-6,8-9H,1,7H2,(H,16,18);1-2H3. The molecule has 0 bridgehead atoms. The number of nitrogens with zero attached hydrogens (tertiary/aromatic N) is 1. The van der Waals surface area contributed by atoms with Gasteiger partial charge in [0, 0.05) is 37.9 Å². The first kappa shape index (κ1) is 17.7. The number of aromatic nitrogens is 1. The second kappa shape index (κ2) is 9.59. The van der Waals surface area contributed by atoms with Gasteiger partial charge in [0.05, 0.1) is 10.6 Å². The minimum absolute atomic E-state index is 0.323. The molecule has 0 aromatic carbocycles. The number of carbonyl (C=O) groups excluding carboxylic acids is 2. The summed E-state index contributed by atoms with van der Waals surface area (Å²) in [7, 11) is 3.25. The van der Waals surface area contributed by atoms with E-state index in [9.17, 15) is 9.59 Å². The lowest BCUT2D eigenvalue weighted by Gasteiger charge is -1.98. The maximum Gasteiger partial charge on any atom is 0.247 e. The molecule has 2 heterocycles. The summed E-state index contributed by atoms with van der Waals surface area (Å²) in [6.45, 7) is 3.38. The Morgan fingerprint density at radius 2 is 2.05 bits per heavy atom. The van der Waals surface area contributed by atoms with Crippen LogP contribution in [0.15, 0.2) is 43.2 Å². The molecule has 22 heavy (non-hydrogen) atoms. The molecule has 6 heteroatoms. The summed E-state index contributed by atoms with van der Waals surface area (Å²) in [5.74, 6) is -0.323. The van der Waals surface area contributed by atoms with Crippen molar-refractivity contribution in [1.29, 1.82) is 0 Å². The highest BCUT2D eigenvalue weighted by molar-refractivity contribution is 7.14. The number of hydrogen-bond acceptors (Lipinski definition) is 5. The van der Waals surface area contributed by atoms with Crippen molar-refractivity contribution >= 4 is 29.2 Å². The Hall–Kier alpha value is -2.31. The van der Waals surface area contributed by atoms with Gasteiger partial charge in [-0.1, -0.05) is 6.58 Å². The monoisotopic (exact) mass is 318 g/mol. The number of aldehydes is 1. The van der Waals surface area contributed by atoms with Gasteiger partial charge >= 0.3 is 0 Å². The van der Waals surface area contributed by atoms with Gasteiger partial charge in [0.1, 0.15) is 0 Å². The van der Waals surface area contributed by atoms with Crippen molar-refractivity contribution in [3.63, 3.8) is 0 Å². The molecule has 0 saturated carbocycles. The highest BCUT2D eigenvalue weighted by atomic mass is 32.1. The summed E-state index contributed by atoms with van der Waals surface area (Å²) in [6.07, 6.45) is 6.08. The third-order valence-corrected chi connectivity index (χ3v) is 3.55. The fourth-order valence-corrected chi connectivity index (χ4v) is 2.58. The Morgan fingerprint density at radius 3 is 2.59 bits per heavy atom.